The number of amides is 1. The molecule has 182 valence electrons. The minimum Gasteiger partial charge on any atom is -0.353 e. The molecule has 2 aromatic rings. The standard InChI is InChI=1S/C23H34N4O4S2/c1-3-21-25-22(26-31-21)19-14-20(16(2)32-19)33(29,30)27-13-9-10-17(15-27)23(28)24-18-11-7-5-4-6-8-12-18/h14,17-18H,3-13,15H2,1-2H3,(H,24,28)/t17-/m0/s1. The van der Waals surface area contributed by atoms with Crippen molar-refractivity contribution in [2.24, 2.45) is 5.92 Å². The predicted molar refractivity (Wildman–Crippen MR) is 127 cm³/mol. The van der Waals surface area contributed by atoms with E-state index in [-0.39, 0.29) is 29.3 Å². The Balaban J connectivity index is 1.45. The van der Waals surface area contributed by atoms with Gasteiger partial charge in [-0.05, 0) is 38.7 Å². The number of carbonyl (C=O) groups is 1. The molecule has 0 unspecified atom stereocenters. The van der Waals surface area contributed by atoms with Crippen LogP contribution in [0.25, 0.3) is 10.7 Å². The summed E-state index contributed by atoms with van der Waals surface area (Å²) in [6, 6.07) is 1.85. The Labute approximate surface area is 200 Å². The Hall–Kier alpha value is -1.78. The molecular weight excluding hydrogens is 460 g/mol. The third kappa shape index (κ3) is 5.66. The summed E-state index contributed by atoms with van der Waals surface area (Å²) >= 11 is 1.35. The molecule has 2 aromatic heterocycles. The number of nitrogens with one attached hydrogen (secondary N) is 1. The van der Waals surface area contributed by atoms with Gasteiger partial charge in [-0.15, -0.1) is 11.3 Å². The summed E-state index contributed by atoms with van der Waals surface area (Å²) in [4.78, 5) is 19.0. The lowest BCUT2D eigenvalue weighted by atomic mass is 9.94. The minimum atomic E-state index is -3.71. The molecule has 33 heavy (non-hydrogen) atoms. The first kappa shape index (κ1) is 24.3. The Bertz CT molecular complexity index is 1050. The van der Waals surface area contributed by atoms with Gasteiger partial charge >= 0.3 is 0 Å². The topological polar surface area (TPSA) is 105 Å². The largest absolute Gasteiger partial charge is 0.353 e. The van der Waals surface area contributed by atoms with Gasteiger partial charge in [0.15, 0.2) is 0 Å². The zero-order chi connectivity index (χ0) is 23.4. The van der Waals surface area contributed by atoms with Crippen molar-refractivity contribution in [1.82, 2.24) is 19.8 Å². The monoisotopic (exact) mass is 494 g/mol. The molecule has 2 fully saturated rings. The van der Waals surface area contributed by atoms with Crippen molar-refractivity contribution in [3.8, 4) is 10.7 Å². The lowest BCUT2D eigenvalue weighted by molar-refractivity contribution is -0.126. The van der Waals surface area contributed by atoms with E-state index in [1.54, 1.807) is 13.0 Å². The first-order chi connectivity index (χ1) is 15.9. The normalized spacial score (nSPS) is 21.5. The maximum Gasteiger partial charge on any atom is 0.244 e. The Morgan fingerprint density at radius 1 is 1.18 bits per heavy atom. The molecule has 1 saturated heterocycles. The van der Waals surface area contributed by atoms with Crippen LogP contribution in [0.1, 0.15) is 75.5 Å². The summed E-state index contributed by atoms with van der Waals surface area (Å²) in [7, 11) is -3.71. The van der Waals surface area contributed by atoms with Crippen LogP contribution < -0.4 is 5.32 Å². The van der Waals surface area contributed by atoms with E-state index in [2.05, 4.69) is 15.5 Å². The van der Waals surface area contributed by atoms with Crippen molar-refractivity contribution >= 4 is 27.3 Å². The second-order valence-corrected chi connectivity index (χ2v) is 12.3. The first-order valence-electron chi connectivity index (χ1n) is 12.1. The number of carbonyl (C=O) groups excluding carboxylic acids is 1. The fourth-order valence-electron chi connectivity index (χ4n) is 4.76. The first-order valence-corrected chi connectivity index (χ1v) is 14.4. The molecule has 1 atom stereocenters. The van der Waals surface area contributed by atoms with Crippen LogP contribution >= 0.6 is 11.3 Å². The van der Waals surface area contributed by atoms with Crippen LogP contribution in [0.4, 0.5) is 0 Å². The molecule has 0 bridgehead atoms. The molecule has 8 nitrogen and oxygen atoms in total. The molecular formula is C23H34N4O4S2. The molecule has 1 aliphatic heterocycles. The summed E-state index contributed by atoms with van der Waals surface area (Å²) in [6.45, 7) is 4.38. The molecule has 0 spiro atoms. The van der Waals surface area contributed by atoms with Crippen molar-refractivity contribution in [3.05, 3.63) is 16.8 Å². The summed E-state index contributed by atoms with van der Waals surface area (Å²) < 4.78 is 33.6. The third-order valence-electron chi connectivity index (χ3n) is 6.69. The lowest BCUT2D eigenvalue weighted by Crippen LogP contribution is -2.47. The number of aryl methyl sites for hydroxylation is 2. The molecule has 1 N–H and O–H groups in total. The summed E-state index contributed by atoms with van der Waals surface area (Å²) in [5, 5.41) is 7.20. The molecule has 0 radical (unpaired) electrons. The van der Waals surface area contributed by atoms with Crippen molar-refractivity contribution in [1.29, 1.82) is 0 Å². The van der Waals surface area contributed by atoms with Crippen LogP contribution in [0.15, 0.2) is 15.5 Å². The SMILES string of the molecule is CCc1nc(-c2cc(S(=O)(=O)N3CCC[C@H](C(=O)NC4CCCCCCC4)C3)c(C)s2)no1. The van der Waals surface area contributed by atoms with E-state index in [9.17, 15) is 13.2 Å². The quantitative estimate of drug-likeness (QED) is 0.642. The Morgan fingerprint density at radius 2 is 1.91 bits per heavy atom. The van der Waals surface area contributed by atoms with E-state index < -0.39 is 10.0 Å². The minimum absolute atomic E-state index is 0.00194. The molecule has 0 aromatic carbocycles. The molecule has 2 aliphatic rings. The molecule has 1 amide bonds. The molecule has 1 saturated carbocycles. The number of nitrogens with zero attached hydrogens (tertiary/aromatic N) is 3. The fourth-order valence-corrected chi connectivity index (χ4v) is 7.77. The smallest absolute Gasteiger partial charge is 0.244 e. The highest BCUT2D eigenvalue weighted by molar-refractivity contribution is 7.89. The van der Waals surface area contributed by atoms with Crippen LogP contribution in [0.5, 0.6) is 0 Å². The van der Waals surface area contributed by atoms with Gasteiger partial charge in [-0.3, -0.25) is 4.79 Å². The average molecular weight is 495 g/mol. The van der Waals surface area contributed by atoms with Gasteiger partial charge < -0.3 is 9.84 Å². The highest BCUT2D eigenvalue weighted by Crippen LogP contribution is 2.35. The van der Waals surface area contributed by atoms with Gasteiger partial charge in [0.25, 0.3) is 0 Å². The van der Waals surface area contributed by atoms with Crippen LogP contribution in [0.2, 0.25) is 0 Å². The predicted octanol–water partition coefficient (Wildman–Crippen LogP) is 4.30. The van der Waals surface area contributed by atoms with E-state index in [4.69, 9.17) is 4.52 Å². The van der Waals surface area contributed by atoms with E-state index >= 15 is 0 Å². The maximum atomic E-state index is 13.5. The van der Waals surface area contributed by atoms with Gasteiger partial charge in [0, 0.05) is 30.4 Å². The summed E-state index contributed by atoms with van der Waals surface area (Å²) in [5.41, 5.74) is 0. The molecule has 4 rings (SSSR count). The van der Waals surface area contributed by atoms with Crippen LogP contribution in [-0.4, -0.2) is 47.9 Å². The van der Waals surface area contributed by atoms with E-state index in [0.29, 0.717) is 40.9 Å². The highest BCUT2D eigenvalue weighted by atomic mass is 32.2. The van der Waals surface area contributed by atoms with Crippen molar-refractivity contribution < 1.29 is 17.7 Å². The average Bonchev–Trinajstić information content (AvgIpc) is 3.42. The molecule has 3 heterocycles. The maximum absolute atomic E-state index is 13.5. The lowest BCUT2D eigenvalue weighted by Gasteiger charge is -2.32. The molecule has 1 aliphatic carbocycles. The van der Waals surface area contributed by atoms with Gasteiger partial charge in [-0.2, -0.15) is 9.29 Å². The fraction of sp³-hybridized carbons (Fsp3) is 0.696. The second kappa shape index (κ2) is 10.7. The summed E-state index contributed by atoms with van der Waals surface area (Å²) in [5.74, 6) is 0.634. The number of aromatic nitrogens is 2. The van der Waals surface area contributed by atoms with Crippen LogP contribution in [0, 0.1) is 12.8 Å². The Morgan fingerprint density at radius 3 is 2.61 bits per heavy atom. The van der Waals surface area contributed by atoms with Gasteiger partial charge in [0.05, 0.1) is 15.7 Å². The number of sulfonamides is 1. The van der Waals surface area contributed by atoms with Gasteiger partial charge in [0.1, 0.15) is 0 Å². The van der Waals surface area contributed by atoms with Gasteiger partial charge in [0.2, 0.25) is 27.6 Å². The van der Waals surface area contributed by atoms with E-state index in [0.717, 1.165) is 32.1 Å². The van der Waals surface area contributed by atoms with E-state index in [1.807, 2.05) is 6.92 Å². The number of thiophene rings is 1. The number of piperidine rings is 1. The third-order valence-corrected chi connectivity index (χ3v) is 9.85. The van der Waals surface area contributed by atoms with Gasteiger partial charge in [-0.25, -0.2) is 8.42 Å². The number of rotatable bonds is 6. The van der Waals surface area contributed by atoms with Crippen molar-refractivity contribution in [2.75, 3.05) is 13.1 Å². The van der Waals surface area contributed by atoms with E-state index in [1.165, 1.54) is 34.9 Å². The van der Waals surface area contributed by atoms with Crippen molar-refractivity contribution in [3.63, 3.8) is 0 Å². The molecule has 10 heteroatoms. The zero-order valence-electron chi connectivity index (χ0n) is 19.5. The summed E-state index contributed by atoms with van der Waals surface area (Å²) in [6.07, 6.45) is 10.1. The second-order valence-electron chi connectivity index (χ2n) is 9.15. The highest BCUT2D eigenvalue weighted by Gasteiger charge is 2.35. The van der Waals surface area contributed by atoms with Crippen LogP contribution in [-0.2, 0) is 21.2 Å². The number of hydrogen-bond acceptors (Lipinski definition) is 7. The van der Waals surface area contributed by atoms with Crippen LogP contribution in [0.3, 0.4) is 0 Å². The van der Waals surface area contributed by atoms with Crippen molar-refractivity contribution in [2.45, 2.75) is 89.0 Å². The zero-order valence-corrected chi connectivity index (χ0v) is 21.1. The number of hydrogen-bond donors (Lipinski definition) is 1. The van der Waals surface area contributed by atoms with Gasteiger partial charge in [-0.1, -0.05) is 44.2 Å². The Kier molecular flexibility index (Phi) is 7.86.